The van der Waals surface area contributed by atoms with E-state index in [2.05, 4.69) is 27.2 Å². The molecule has 0 atom stereocenters. The van der Waals surface area contributed by atoms with E-state index in [1.165, 1.54) is 0 Å². The zero-order valence-electron chi connectivity index (χ0n) is 19.3. The first-order chi connectivity index (χ1) is 17.2. The average molecular weight is 469 g/mol. The Hall–Kier alpha value is -4.04. The first-order valence-electron chi connectivity index (χ1n) is 12.0. The number of piperazine rings is 1. The maximum Gasteiger partial charge on any atom is 0.231 e. The van der Waals surface area contributed by atoms with E-state index in [0.717, 1.165) is 66.3 Å². The lowest BCUT2D eigenvalue weighted by Crippen LogP contribution is -2.46. The topological polar surface area (TPSA) is 80.1 Å². The van der Waals surface area contributed by atoms with Gasteiger partial charge in [-0.25, -0.2) is 0 Å². The normalized spacial score (nSPS) is 16.6. The smallest absolute Gasteiger partial charge is 0.231 e. The number of hydrogen-bond acceptors (Lipinski definition) is 8. The van der Waals surface area contributed by atoms with Crippen molar-refractivity contribution in [2.75, 3.05) is 49.7 Å². The van der Waals surface area contributed by atoms with Gasteiger partial charge in [0.2, 0.25) is 6.79 Å². The Morgan fingerprint density at radius 1 is 0.971 bits per heavy atom. The average Bonchev–Trinajstić information content (AvgIpc) is 3.55. The third kappa shape index (κ3) is 3.10. The molecular formula is C27H24N4O4. The minimum atomic E-state index is -0.0353. The summed E-state index contributed by atoms with van der Waals surface area (Å²) in [6.45, 7) is 7.18. The van der Waals surface area contributed by atoms with Crippen LogP contribution in [0.4, 0.5) is 17.1 Å². The van der Waals surface area contributed by atoms with E-state index in [4.69, 9.17) is 14.0 Å². The van der Waals surface area contributed by atoms with Gasteiger partial charge in [-0.3, -0.25) is 4.79 Å². The summed E-state index contributed by atoms with van der Waals surface area (Å²) in [4.78, 5) is 18.6. The molecule has 0 spiro atoms. The Kier molecular flexibility index (Phi) is 4.50. The predicted molar refractivity (Wildman–Crippen MR) is 133 cm³/mol. The van der Waals surface area contributed by atoms with E-state index in [9.17, 15) is 4.79 Å². The highest BCUT2D eigenvalue weighted by atomic mass is 16.7. The molecule has 8 heteroatoms. The van der Waals surface area contributed by atoms with Crippen LogP contribution in [0.1, 0.15) is 22.8 Å². The first-order valence-corrected chi connectivity index (χ1v) is 12.0. The van der Waals surface area contributed by atoms with Gasteiger partial charge in [-0.2, -0.15) is 0 Å². The number of likely N-dealkylation sites (N-methyl/N-ethyl adjacent to an activating group) is 1. The van der Waals surface area contributed by atoms with Gasteiger partial charge in [0.1, 0.15) is 5.52 Å². The standard InChI is InChI=1S/C27H24N4O4/c1-2-30-9-11-31(12-10-30)20-14-19(28-16-7-8-21-22(13-16)34-15-33-21)23-24-25(20)29-35-27(24)18-6-4-3-5-17(18)26(23)32/h3-8,13-14,28H,2,9-12,15H2,1H3. The Labute approximate surface area is 202 Å². The zero-order valence-corrected chi connectivity index (χ0v) is 19.3. The number of benzene rings is 3. The number of nitrogens with one attached hydrogen (secondary N) is 1. The molecule has 176 valence electrons. The second-order valence-electron chi connectivity index (χ2n) is 9.04. The number of ketones is 1. The molecule has 4 aromatic rings. The molecule has 1 saturated heterocycles. The molecule has 0 saturated carbocycles. The number of rotatable bonds is 4. The number of fused-ring (bicyclic) bond motifs is 3. The van der Waals surface area contributed by atoms with E-state index in [1.54, 1.807) is 0 Å². The van der Waals surface area contributed by atoms with Gasteiger partial charge in [-0.1, -0.05) is 36.3 Å². The minimum absolute atomic E-state index is 0.0353. The number of anilines is 3. The third-order valence-electron chi connectivity index (χ3n) is 7.19. The summed E-state index contributed by atoms with van der Waals surface area (Å²) in [5.41, 5.74) is 5.25. The van der Waals surface area contributed by atoms with Crippen LogP contribution >= 0.6 is 0 Å². The second-order valence-corrected chi connectivity index (χ2v) is 9.04. The van der Waals surface area contributed by atoms with E-state index >= 15 is 0 Å². The molecule has 35 heavy (non-hydrogen) atoms. The largest absolute Gasteiger partial charge is 0.454 e. The Morgan fingerprint density at radius 2 is 1.77 bits per heavy atom. The lowest BCUT2D eigenvalue weighted by molar-refractivity contribution is 0.104. The highest BCUT2D eigenvalue weighted by Crippen LogP contribution is 2.47. The fourth-order valence-corrected chi connectivity index (χ4v) is 5.32. The number of aromatic nitrogens is 1. The second kappa shape index (κ2) is 7.74. The van der Waals surface area contributed by atoms with Crippen LogP contribution in [0.2, 0.25) is 0 Å². The van der Waals surface area contributed by atoms with Crippen molar-refractivity contribution in [2.24, 2.45) is 0 Å². The van der Waals surface area contributed by atoms with Gasteiger partial charge in [0.25, 0.3) is 0 Å². The minimum Gasteiger partial charge on any atom is -0.454 e. The molecule has 0 unspecified atom stereocenters. The molecule has 1 N–H and O–H groups in total. The highest BCUT2D eigenvalue weighted by molar-refractivity contribution is 6.28. The fourth-order valence-electron chi connectivity index (χ4n) is 5.32. The van der Waals surface area contributed by atoms with Gasteiger partial charge in [0, 0.05) is 49.1 Å². The Bertz CT molecular complexity index is 1490. The maximum absolute atomic E-state index is 13.8. The van der Waals surface area contributed by atoms with Crippen LogP contribution in [0, 0.1) is 0 Å². The van der Waals surface area contributed by atoms with Crippen molar-refractivity contribution >= 4 is 33.7 Å². The number of hydrogen-bond donors (Lipinski definition) is 1. The van der Waals surface area contributed by atoms with Crippen LogP contribution < -0.4 is 19.7 Å². The predicted octanol–water partition coefficient (Wildman–Crippen LogP) is 4.65. The van der Waals surface area contributed by atoms with Crippen molar-refractivity contribution in [1.82, 2.24) is 10.1 Å². The molecule has 0 bridgehead atoms. The van der Waals surface area contributed by atoms with Crippen LogP contribution in [-0.4, -0.2) is 55.4 Å². The lowest BCUT2D eigenvalue weighted by atomic mass is 9.86. The van der Waals surface area contributed by atoms with Crippen molar-refractivity contribution < 1.29 is 18.8 Å². The lowest BCUT2D eigenvalue weighted by Gasteiger charge is -2.36. The number of nitrogens with zero attached hydrogens (tertiary/aromatic N) is 3. The van der Waals surface area contributed by atoms with Gasteiger partial charge in [0.15, 0.2) is 23.0 Å². The Morgan fingerprint density at radius 3 is 2.60 bits per heavy atom. The summed E-state index contributed by atoms with van der Waals surface area (Å²) in [6.07, 6.45) is 0. The molecular weight excluding hydrogens is 444 g/mol. The molecule has 1 fully saturated rings. The van der Waals surface area contributed by atoms with Gasteiger partial charge in [0.05, 0.1) is 22.3 Å². The zero-order chi connectivity index (χ0) is 23.5. The summed E-state index contributed by atoms with van der Waals surface area (Å²) in [5, 5.41) is 8.75. The molecule has 2 aliphatic heterocycles. The molecule has 0 radical (unpaired) electrons. The van der Waals surface area contributed by atoms with Crippen LogP contribution in [-0.2, 0) is 0 Å². The van der Waals surface area contributed by atoms with Crippen molar-refractivity contribution in [3.63, 3.8) is 0 Å². The first kappa shape index (κ1) is 20.3. The molecule has 3 aliphatic rings. The third-order valence-corrected chi connectivity index (χ3v) is 7.19. The van der Waals surface area contributed by atoms with Crippen molar-refractivity contribution in [3.05, 3.63) is 59.7 Å². The number of ether oxygens (including phenoxy) is 2. The molecule has 8 nitrogen and oxygen atoms in total. The summed E-state index contributed by atoms with van der Waals surface area (Å²) >= 11 is 0. The van der Waals surface area contributed by atoms with Crippen molar-refractivity contribution in [1.29, 1.82) is 0 Å². The Balaban J connectivity index is 1.41. The fraction of sp³-hybridized carbons (Fsp3) is 0.259. The highest BCUT2D eigenvalue weighted by Gasteiger charge is 2.34. The summed E-state index contributed by atoms with van der Waals surface area (Å²) in [7, 11) is 0. The molecule has 1 aliphatic carbocycles. The number of carbonyl (C=O) groups excluding carboxylic acids is 1. The summed E-state index contributed by atoms with van der Waals surface area (Å²) in [5.74, 6) is 2.01. The van der Waals surface area contributed by atoms with E-state index < -0.39 is 0 Å². The van der Waals surface area contributed by atoms with Crippen LogP contribution in [0.15, 0.2) is 53.1 Å². The SMILES string of the molecule is CCN1CCN(c2cc(Nc3ccc4c(c3)OCO4)c3c4c(onc24)-c2ccccc2C3=O)CC1. The quantitative estimate of drug-likeness (QED) is 0.408. The van der Waals surface area contributed by atoms with Crippen LogP contribution in [0.5, 0.6) is 11.5 Å². The van der Waals surface area contributed by atoms with E-state index in [1.807, 2.05) is 48.5 Å². The van der Waals surface area contributed by atoms with E-state index in [-0.39, 0.29) is 12.6 Å². The number of carbonyl (C=O) groups is 1. The van der Waals surface area contributed by atoms with Gasteiger partial charge < -0.3 is 29.1 Å². The van der Waals surface area contributed by atoms with Gasteiger partial charge >= 0.3 is 0 Å². The molecule has 0 amide bonds. The molecule has 3 aromatic carbocycles. The van der Waals surface area contributed by atoms with E-state index in [0.29, 0.717) is 28.4 Å². The molecule has 3 heterocycles. The molecule has 7 rings (SSSR count). The van der Waals surface area contributed by atoms with Crippen LogP contribution in [0.3, 0.4) is 0 Å². The summed E-state index contributed by atoms with van der Waals surface area (Å²) < 4.78 is 16.9. The van der Waals surface area contributed by atoms with Gasteiger partial charge in [-0.05, 0) is 24.7 Å². The summed E-state index contributed by atoms with van der Waals surface area (Å²) in [6, 6.07) is 15.3. The monoisotopic (exact) mass is 468 g/mol. The van der Waals surface area contributed by atoms with Gasteiger partial charge in [-0.15, -0.1) is 0 Å². The van der Waals surface area contributed by atoms with Crippen molar-refractivity contribution in [2.45, 2.75) is 6.92 Å². The van der Waals surface area contributed by atoms with Crippen LogP contribution in [0.25, 0.3) is 22.2 Å². The molecule has 1 aromatic heterocycles. The van der Waals surface area contributed by atoms with Crippen molar-refractivity contribution in [3.8, 4) is 22.8 Å². The maximum atomic E-state index is 13.8.